The van der Waals surface area contributed by atoms with Crippen LogP contribution in [0, 0.1) is 20.8 Å². The molecule has 112 valence electrons. The molecule has 0 saturated carbocycles. The van der Waals surface area contributed by atoms with E-state index in [0.717, 1.165) is 11.3 Å². The summed E-state index contributed by atoms with van der Waals surface area (Å²) in [7, 11) is 0. The average Bonchev–Trinajstić information content (AvgIpc) is 2.95. The fourth-order valence-corrected chi connectivity index (χ4v) is 2.30. The van der Waals surface area contributed by atoms with E-state index >= 15 is 0 Å². The molecule has 0 radical (unpaired) electrons. The molecule has 0 bridgehead atoms. The van der Waals surface area contributed by atoms with Crippen LogP contribution in [0.5, 0.6) is 0 Å². The van der Waals surface area contributed by atoms with Crippen LogP contribution >= 0.6 is 0 Å². The van der Waals surface area contributed by atoms with Gasteiger partial charge in [0.25, 0.3) is 0 Å². The summed E-state index contributed by atoms with van der Waals surface area (Å²) in [6.07, 6.45) is 2.01. The van der Waals surface area contributed by atoms with E-state index in [9.17, 15) is 9.90 Å². The molecule has 0 aliphatic heterocycles. The Morgan fingerprint density at radius 1 is 1.29 bits per heavy atom. The van der Waals surface area contributed by atoms with E-state index in [0.29, 0.717) is 13.0 Å². The molecule has 5 heteroatoms. The monoisotopic (exact) mass is 287 g/mol. The summed E-state index contributed by atoms with van der Waals surface area (Å²) < 4.78 is 0. The second-order valence-corrected chi connectivity index (χ2v) is 5.35. The van der Waals surface area contributed by atoms with Crippen molar-refractivity contribution in [3.8, 4) is 0 Å². The second kappa shape index (κ2) is 6.54. The largest absolute Gasteiger partial charge is 0.480 e. The maximum Gasteiger partial charge on any atom is 0.321 e. The number of hydrogen-bond acceptors (Lipinski definition) is 3. The third kappa shape index (κ3) is 3.70. The summed E-state index contributed by atoms with van der Waals surface area (Å²) in [4.78, 5) is 11.4. The standard InChI is InChI=1S/C16H21N3O2/c1-10-4-5-13(12(3)11(10)2)9-17-15(16(20)21)8-14-6-7-18-19-14/h4-7,15,17H,8-9H2,1-3H3,(H,18,19)(H,20,21). The van der Waals surface area contributed by atoms with Crippen molar-refractivity contribution in [1.82, 2.24) is 15.5 Å². The number of aromatic amines is 1. The smallest absolute Gasteiger partial charge is 0.321 e. The molecule has 0 amide bonds. The molecule has 0 aliphatic carbocycles. The van der Waals surface area contributed by atoms with Crippen molar-refractivity contribution in [3.05, 3.63) is 52.3 Å². The van der Waals surface area contributed by atoms with Gasteiger partial charge in [-0.25, -0.2) is 0 Å². The highest BCUT2D eigenvalue weighted by Gasteiger charge is 2.18. The second-order valence-electron chi connectivity index (χ2n) is 5.35. The lowest BCUT2D eigenvalue weighted by atomic mass is 9.98. The Balaban J connectivity index is 2.05. The molecule has 0 saturated heterocycles. The number of benzene rings is 1. The number of rotatable bonds is 6. The zero-order chi connectivity index (χ0) is 15.4. The molecule has 1 aromatic heterocycles. The molecule has 2 rings (SSSR count). The van der Waals surface area contributed by atoms with Gasteiger partial charge in [-0.2, -0.15) is 5.10 Å². The molecular weight excluding hydrogens is 266 g/mol. The van der Waals surface area contributed by atoms with Crippen molar-refractivity contribution in [2.45, 2.75) is 39.8 Å². The van der Waals surface area contributed by atoms with Gasteiger partial charge in [-0.05, 0) is 49.1 Å². The van der Waals surface area contributed by atoms with Gasteiger partial charge in [0.15, 0.2) is 0 Å². The van der Waals surface area contributed by atoms with Crippen molar-refractivity contribution in [2.75, 3.05) is 0 Å². The number of carboxylic acids is 1. The lowest BCUT2D eigenvalue weighted by Gasteiger charge is -2.16. The molecular formula is C16H21N3O2. The zero-order valence-electron chi connectivity index (χ0n) is 12.6. The summed E-state index contributed by atoms with van der Waals surface area (Å²) in [5.41, 5.74) is 5.67. The Bertz CT molecular complexity index is 621. The molecule has 0 spiro atoms. The number of aliphatic carboxylic acids is 1. The summed E-state index contributed by atoms with van der Waals surface area (Å²) in [5, 5.41) is 19.1. The SMILES string of the molecule is Cc1ccc(CNC(Cc2ccn[nH]2)C(=O)O)c(C)c1C. The minimum Gasteiger partial charge on any atom is -0.480 e. The molecule has 5 nitrogen and oxygen atoms in total. The van der Waals surface area contributed by atoms with Gasteiger partial charge in [-0.3, -0.25) is 15.2 Å². The van der Waals surface area contributed by atoms with Crippen LogP contribution in [0.25, 0.3) is 0 Å². The highest BCUT2D eigenvalue weighted by atomic mass is 16.4. The van der Waals surface area contributed by atoms with Crippen LogP contribution in [0.3, 0.4) is 0 Å². The third-order valence-electron chi connectivity index (χ3n) is 3.99. The van der Waals surface area contributed by atoms with E-state index in [1.54, 1.807) is 12.3 Å². The zero-order valence-corrected chi connectivity index (χ0v) is 12.6. The first-order chi connectivity index (χ1) is 9.99. The van der Waals surface area contributed by atoms with Gasteiger partial charge in [0.05, 0.1) is 0 Å². The number of hydrogen-bond donors (Lipinski definition) is 3. The maximum absolute atomic E-state index is 11.4. The Labute approximate surface area is 124 Å². The fraction of sp³-hybridized carbons (Fsp3) is 0.375. The number of H-pyrrole nitrogens is 1. The lowest BCUT2D eigenvalue weighted by molar-refractivity contribution is -0.139. The van der Waals surface area contributed by atoms with Gasteiger partial charge in [0.1, 0.15) is 6.04 Å². The first-order valence-electron chi connectivity index (χ1n) is 6.99. The molecule has 1 aromatic carbocycles. The lowest BCUT2D eigenvalue weighted by Crippen LogP contribution is -2.38. The minimum absolute atomic E-state index is 0.388. The third-order valence-corrected chi connectivity index (χ3v) is 3.99. The molecule has 3 N–H and O–H groups in total. The summed E-state index contributed by atoms with van der Waals surface area (Å²) in [5.74, 6) is -0.855. The Kier molecular flexibility index (Phi) is 4.75. The van der Waals surface area contributed by atoms with Gasteiger partial charge in [0.2, 0.25) is 0 Å². The highest BCUT2D eigenvalue weighted by Crippen LogP contribution is 2.17. The number of carboxylic acid groups (broad SMARTS) is 1. The molecule has 0 fully saturated rings. The van der Waals surface area contributed by atoms with E-state index in [1.807, 2.05) is 0 Å². The molecule has 21 heavy (non-hydrogen) atoms. The highest BCUT2D eigenvalue weighted by molar-refractivity contribution is 5.73. The minimum atomic E-state index is -0.855. The molecule has 0 aliphatic rings. The normalized spacial score (nSPS) is 12.3. The Hall–Kier alpha value is -2.14. The van der Waals surface area contributed by atoms with Crippen molar-refractivity contribution >= 4 is 5.97 Å². The maximum atomic E-state index is 11.4. The van der Waals surface area contributed by atoms with E-state index < -0.39 is 12.0 Å². The number of nitrogens with one attached hydrogen (secondary N) is 2. The quantitative estimate of drug-likeness (QED) is 0.760. The van der Waals surface area contributed by atoms with Crippen LogP contribution in [0.4, 0.5) is 0 Å². The summed E-state index contributed by atoms with van der Waals surface area (Å²) >= 11 is 0. The van der Waals surface area contributed by atoms with Gasteiger partial charge in [0, 0.05) is 24.9 Å². The van der Waals surface area contributed by atoms with Gasteiger partial charge in [-0.15, -0.1) is 0 Å². The summed E-state index contributed by atoms with van der Waals surface area (Å²) in [6.45, 7) is 6.79. The van der Waals surface area contributed by atoms with Gasteiger partial charge in [-0.1, -0.05) is 12.1 Å². The topological polar surface area (TPSA) is 78.0 Å². The molecule has 1 unspecified atom stereocenters. The van der Waals surface area contributed by atoms with Crippen molar-refractivity contribution in [1.29, 1.82) is 0 Å². The van der Waals surface area contributed by atoms with Crippen LogP contribution in [0.2, 0.25) is 0 Å². The van der Waals surface area contributed by atoms with Gasteiger partial charge < -0.3 is 5.11 Å². The number of aryl methyl sites for hydroxylation is 1. The van der Waals surface area contributed by atoms with E-state index in [-0.39, 0.29) is 0 Å². The van der Waals surface area contributed by atoms with Crippen molar-refractivity contribution in [2.24, 2.45) is 0 Å². The van der Waals surface area contributed by atoms with Crippen molar-refractivity contribution in [3.63, 3.8) is 0 Å². The Morgan fingerprint density at radius 2 is 2.05 bits per heavy atom. The first kappa shape index (κ1) is 15.3. The first-order valence-corrected chi connectivity index (χ1v) is 6.99. The number of nitrogens with zero attached hydrogens (tertiary/aromatic N) is 1. The van der Waals surface area contributed by atoms with Crippen molar-refractivity contribution < 1.29 is 9.90 Å². The number of carbonyl (C=O) groups is 1. The predicted molar refractivity (Wildman–Crippen MR) is 81.2 cm³/mol. The van der Waals surface area contributed by atoms with Crippen LogP contribution in [-0.4, -0.2) is 27.3 Å². The predicted octanol–water partition coefficient (Wildman–Crippen LogP) is 2.12. The van der Waals surface area contributed by atoms with Crippen LogP contribution in [-0.2, 0) is 17.8 Å². The number of aromatic nitrogens is 2. The van der Waals surface area contributed by atoms with Gasteiger partial charge >= 0.3 is 5.97 Å². The average molecular weight is 287 g/mol. The fourth-order valence-electron chi connectivity index (χ4n) is 2.30. The Morgan fingerprint density at radius 3 is 2.67 bits per heavy atom. The van der Waals surface area contributed by atoms with Crippen LogP contribution < -0.4 is 5.32 Å². The van der Waals surface area contributed by atoms with E-state index in [2.05, 4.69) is 48.4 Å². The van der Waals surface area contributed by atoms with E-state index in [1.165, 1.54) is 16.7 Å². The van der Waals surface area contributed by atoms with Crippen LogP contribution in [0.15, 0.2) is 24.4 Å². The molecule has 2 aromatic rings. The molecule has 1 heterocycles. The summed E-state index contributed by atoms with van der Waals surface area (Å²) in [6, 6.07) is 5.29. The van der Waals surface area contributed by atoms with Crippen LogP contribution in [0.1, 0.15) is 27.9 Å². The molecule has 1 atom stereocenters. The van der Waals surface area contributed by atoms with E-state index in [4.69, 9.17) is 0 Å².